The topological polar surface area (TPSA) is 78.5 Å². The van der Waals surface area contributed by atoms with Crippen LogP contribution in [0.25, 0.3) is 0 Å². The summed E-state index contributed by atoms with van der Waals surface area (Å²) in [4.78, 5) is 12.4. The first-order valence-corrected chi connectivity index (χ1v) is 10.9. The van der Waals surface area contributed by atoms with Crippen LogP contribution in [0.4, 0.5) is 11.4 Å². The number of amides is 1. The van der Waals surface area contributed by atoms with Crippen LogP contribution in [0.15, 0.2) is 51.8 Å². The average molecular weight is 454 g/mol. The highest BCUT2D eigenvalue weighted by Gasteiger charge is 2.21. The highest BCUT2D eigenvalue weighted by Crippen LogP contribution is 2.23. The first-order valence-electron chi connectivity index (χ1n) is 8.68. The third-order valence-electron chi connectivity index (χ3n) is 4.02. The van der Waals surface area contributed by atoms with Gasteiger partial charge in [0.05, 0.1) is 11.4 Å². The molecule has 1 amide bonds. The molecule has 0 aromatic heterocycles. The minimum Gasteiger partial charge on any atom is -0.375 e. The van der Waals surface area contributed by atoms with E-state index in [1.54, 1.807) is 26.0 Å². The van der Waals surface area contributed by atoms with E-state index in [9.17, 15) is 13.2 Å². The maximum absolute atomic E-state index is 12.6. The molecule has 2 aromatic rings. The molecule has 2 rings (SSSR count). The fourth-order valence-corrected chi connectivity index (χ4v) is 4.73. The number of nitrogens with one attached hydrogen (secondary N) is 2. The lowest BCUT2D eigenvalue weighted by atomic mass is 10.2. The minimum absolute atomic E-state index is 0.0642. The van der Waals surface area contributed by atoms with Crippen molar-refractivity contribution in [1.29, 1.82) is 0 Å². The molecule has 0 bridgehead atoms. The molecule has 2 N–H and O–H groups in total. The quantitative estimate of drug-likeness (QED) is 0.636. The number of carbonyl (C=O) groups is 1. The number of benzene rings is 2. The smallest absolute Gasteiger partial charge is 0.243 e. The summed E-state index contributed by atoms with van der Waals surface area (Å²) in [6.07, 6.45) is 0. The van der Waals surface area contributed by atoms with Gasteiger partial charge in [-0.25, -0.2) is 8.42 Å². The molecule has 0 radical (unpaired) electrons. The number of halogens is 1. The first-order chi connectivity index (χ1) is 12.8. The predicted octanol–water partition coefficient (Wildman–Crippen LogP) is 3.84. The van der Waals surface area contributed by atoms with Gasteiger partial charge in [-0.05, 0) is 58.7 Å². The molecular formula is C19H24BrN3O3S. The molecule has 0 unspecified atom stereocenters. The lowest BCUT2D eigenvalue weighted by Gasteiger charge is -2.19. The molecule has 2 aromatic carbocycles. The maximum Gasteiger partial charge on any atom is 0.243 e. The molecule has 27 heavy (non-hydrogen) atoms. The van der Waals surface area contributed by atoms with Crippen LogP contribution in [-0.2, 0) is 14.8 Å². The summed E-state index contributed by atoms with van der Waals surface area (Å²) in [6.45, 7) is 6.42. The Morgan fingerprint density at radius 2 is 1.81 bits per heavy atom. The van der Waals surface area contributed by atoms with Crippen molar-refractivity contribution in [3.8, 4) is 0 Å². The number of sulfonamides is 1. The molecule has 0 fully saturated rings. The summed E-state index contributed by atoms with van der Waals surface area (Å²) in [6, 6.07) is 12.1. The largest absolute Gasteiger partial charge is 0.375 e. The Bertz CT molecular complexity index is 912. The fraction of sp³-hybridized carbons (Fsp3) is 0.316. The second-order valence-corrected chi connectivity index (χ2v) is 8.79. The molecule has 8 heteroatoms. The molecular weight excluding hydrogens is 430 g/mol. The van der Waals surface area contributed by atoms with Crippen molar-refractivity contribution in [2.45, 2.75) is 25.7 Å². The molecule has 6 nitrogen and oxygen atoms in total. The molecule has 0 heterocycles. The van der Waals surface area contributed by atoms with Gasteiger partial charge in [0.15, 0.2) is 0 Å². The van der Waals surface area contributed by atoms with Crippen LogP contribution in [0.2, 0.25) is 0 Å². The zero-order chi connectivity index (χ0) is 20.0. The monoisotopic (exact) mass is 453 g/mol. The van der Waals surface area contributed by atoms with Crippen LogP contribution >= 0.6 is 15.9 Å². The zero-order valence-electron chi connectivity index (χ0n) is 15.6. The fourth-order valence-electron chi connectivity index (χ4n) is 2.59. The standard InChI is InChI=1S/C19H24BrN3O3S/c1-4-23(5-2)27(25,26)16-8-6-7-15(12-16)22-19(24)13-21-18-10-9-14(3)11-17(18)20/h6-12,21H,4-5,13H2,1-3H3,(H,22,24). The number of hydrogen-bond acceptors (Lipinski definition) is 4. The Morgan fingerprint density at radius 3 is 2.44 bits per heavy atom. The number of aryl methyl sites for hydroxylation is 1. The number of hydrogen-bond donors (Lipinski definition) is 2. The summed E-state index contributed by atoms with van der Waals surface area (Å²) in [5.74, 6) is -0.264. The molecule has 0 atom stereocenters. The third-order valence-corrected chi connectivity index (χ3v) is 6.73. The number of rotatable bonds is 8. The van der Waals surface area contributed by atoms with E-state index in [1.165, 1.54) is 16.4 Å². The molecule has 0 saturated carbocycles. The van der Waals surface area contributed by atoms with Crippen LogP contribution in [0, 0.1) is 6.92 Å². The van der Waals surface area contributed by atoms with Crippen molar-refractivity contribution in [3.05, 3.63) is 52.5 Å². The molecule has 0 saturated heterocycles. The van der Waals surface area contributed by atoms with Gasteiger partial charge in [0.25, 0.3) is 0 Å². The maximum atomic E-state index is 12.6. The van der Waals surface area contributed by atoms with Gasteiger partial charge in [0, 0.05) is 28.9 Å². The Kier molecular flexibility index (Phi) is 7.41. The van der Waals surface area contributed by atoms with E-state index in [0.29, 0.717) is 18.8 Å². The zero-order valence-corrected chi connectivity index (χ0v) is 18.0. The van der Waals surface area contributed by atoms with E-state index in [0.717, 1.165) is 15.7 Å². The first kappa shape index (κ1) is 21.4. The van der Waals surface area contributed by atoms with Crippen LogP contribution in [-0.4, -0.2) is 38.3 Å². The summed E-state index contributed by atoms with van der Waals surface area (Å²) in [7, 11) is -3.56. The van der Waals surface area contributed by atoms with Gasteiger partial charge in [-0.1, -0.05) is 26.0 Å². The Morgan fingerprint density at radius 1 is 1.11 bits per heavy atom. The number of anilines is 2. The van der Waals surface area contributed by atoms with Crippen molar-refractivity contribution >= 4 is 43.2 Å². The van der Waals surface area contributed by atoms with Gasteiger partial charge in [-0.15, -0.1) is 0 Å². The summed E-state index contributed by atoms with van der Waals surface area (Å²) in [5, 5.41) is 5.79. The van der Waals surface area contributed by atoms with Crippen molar-refractivity contribution in [1.82, 2.24) is 4.31 Å². The third kappa shape index (κ3) is 5.54. The highest BCUT2D eigenvalue weighted by atomic mass is 79.9. The average Bonchev–Trinajstić information content (AvgIpc) is 2.62. The summed E-state index contributed by atoms with van der Waals surface area (Å²) >= 11 is 3.46. The lowest BCUT2D eigenvalue weighted by Crippen LogP contribution is -2.30. The predicted molar refractivity (Wildman–Crippen MR) is 113 cm³/mol. The summed E-state index contributed by atoms with van der Waals surface area (Å²) < 4.78 is 27.5. The van der Waals surface area contributed by atoms with Gasteiger partial charge in [-0.3, -0.25) is 4.79 Å². The molecule has 0 spiro atoms. The van der Waals surface area contributed by atoms with E-state index in [-0.39, 0.29) is 17.3 Å². The van der Waals surface area contributed by atoms with E-state index in [4.69, 9.17) is 0 Å². The van der Waals surface area contributed by atoms with E-state index in [2.05, 4.69) is 26.6 Å². The SMILES string of the molecule is CCN(CC)S(=O)(=O)c1cccc(NC(=O)CNc2ccc(C)cc2Br)c1. The van der Waals surface area contributed by atoms with E-state index in [1.807, 2.05) is 25.1 Å². The highest BCUT2D eigenvalue weighted by molar-refractivity contribution is 9.10. The lowest BCUT2D eigenvalue weighted by molar-refractivity contribution is -0.114. The molecule has 146 valence electrons. The van der Waals surface area contributed by atoms with Gasteiger partial charge in [0.1, 0.15) is 0 Å². The van der Waals surface area contributed by atoms with Gasteiger partial charge >= 0.3 is 0 Å². The van der Waals surface area contributed by atoms with Crippen molar-refractivity contribution < 1.29 is 13.2 Å². The van der Waals surface area contributed by atoms with E-state index < -0.39 is 10.0 Å². The minimum atomic E-state index is -3.56. The molecule has 0 aliphatic heterocycles. The number of nitrogens with zero attached hydrogens (tertiary/aromatic N) is 1. The van der Waals surface area contributed by atoms with Gasteiger partial charge < -0.3 is 10.6 Å². The van der Waals surface area contributed by atoms with Crippen molar-refractivity contribution in [3.63, 3.8) is 0 Å². The Hall–Kier alpha value is -1.90. The second-order valence-electron chi connectivity index (χ2n) is 6.00. The van der Waals surface area contributed by atoms with E-state index >= 15 is 0 Å². The number of carbonyl (C=O) groups excluding carboxylic acids is 1. The normalized spacial score (nSPS) is 11.4. The van der Waals surface area contributed by atoms with Crippen LogP contribution in [0.3, 0.4) is 0 Å². The Labute approximate surface area is 169 Å². The van der Waals surface area contributed by atoms with Crippen LogP contribution in [0.5, 0.6) is 0 Å². The van der Waals surface area contributed by atoms with Crippen molar-refractivity contribution in [2.75, 3.05) is 30.3 Å². The second kappa shape index (κ2) is 9.34. The van der Waals surface area contributed by atoms with Gasteiger partial charge in [-0.2, -0.15) is 4.31 Å². The van der Waals surface area contributed by atoms with Crippen LogP contribution < -0.4 is 10.6 Å². The Balaban J connectivity index is 2.06. The summed E-state index contributed by atoms with van der Waals surface area (Å²) in [5.41, 5.74) is 2.37. The molecule has 0 aliphatic rings. The van der Waals surface area contributed by atoms with Crippen molar-refractivity contribution in [2.24, 2.45) is 0 Å². The van der Waals surface area contributed by atoms with Gasteiger partial charge in [0.2, 0.25) is 15.9 Å². The van der Waals surface area contributed by atoms with Crippen LogP contribution in [0.1, 0.15) is 19.4 Å². The molecule has 0 aliphatic carbocycles.